The van der Waals surface area contributed by atoms with Crippen molar-refractivity contribution in [1.29, 1.82) is 0 Å². The van der Waals surface area contributed by atoms with Gasteiger partial charge in [-0.15, -0.1) is 0 Å². The minimum absolute atomic E-state index is 0.0743. The third-order valence-electron chi connectivity index (χ3n) is 3.15. The zero-order valence-corrected chi connectivity index (χ0v) is 10.5. The van der Waals surface area contributed by atoms with E-state index in [1.165, 1.54) is 11.1 Å². The molecule has 2 rings (SSSR count). The quantitative estimate of drug-likeness (QED) is 0.754. The number of fused-ring (bicyclic) bond motifs is 1. The van der Waals surface area contributed by atoms with Gasteiger partial charge >= 0.3 is 0 Å². The summed E-state index contributed by atoms with van der Waals surface area (Å²) in [6, 6.07) is 8.64. The van der Waals surface area contributed by atoms with Crippen molar-refractivity contribution in [3.05, 3.63) is 35.4 Å². The van der Waals surface area contributed by atoms with Gasteiger partial charge in [0.25, 0.3) is 0 Å². The van der Waals surface area contributed by atoms with Crippen molar-refractivity contribution in [1.82, 2.24) is 10.6 Å². The van der Waals surface area contributed by atoms with Crippen LogP contribution >= 0.6 is 0 Å². The predicted molar refractivity (Wildman–Crippen MR) is 69.0 cm³/mol. The SMILES string of the molecule is CC(C)NCCNC(=O)C1Cc2ccccc21. The van der Waals surface area contributed by atoms with Crippen molar-refractivity contribution in [3.8, 4) is 0 Å². The van der Waals surface area contributed by atoms with Gasteiger partial charge in [0.05, 0.1) is 5.92 Å². The average Bonchev–Trinajstić information content (AvgIpc) is 2.26. The summed E-state index contributed by atoms with van der Waals surface area (Å²) in [5, 5.41) is 6.26. The van der Waals surface area contributed by atoms with E-state index in [0.717, 1.165) is 13.0 Å². The number of carbonyl (C=O) groups excluding carboxylic acids is 1. The Hall–Kier alpha value is -1.35. The largest absolute Gasteiger partial charge is 0.354 e. The molecule has 2 N–H and O–H groups in total. The Labute approximate surface area is 103 Å². The van der Waals surface area contributed by atoms with Crippen molar-refractivity contribution in [2.45, 2.75) is 32.2 Å². The van der Waals surface area contributed by atoms with Crippen molar-refractivity contribution in [2.75, 3.05) is 13.1 Å². The second kappa shape index (κ2) is 5.32. The van der Waals surface area contributed by atoms with Gasteiger partial charge in [-0.2, -0.15) is 0 Å². The normalized spacial score (nSPS) is 17.5. The summed E-state index contributed by atoms with van der Waals surface area (Å²) < 4.78 is 0. The molecular formula is C14H20N2O. The van der Waals surface area contributed by atoms with Crippen molar-refractivity contribution < 1.29 is 4.79 Å². The lowest BCUT2D eigenvalue weighted by Gasteiger charge is -2.28. The average molecular weight is 232 g/mol. The fourth-order valence-electron chi connectivity index (χ4n) is 2.16. The predicted octanol–water partition coefficient (Wildman–Crippen LogP) is 1.44. The molecule has 1 aliphatic rings. The Bertz CT molecular complexity index is 401. The van der Waals surface area contributed by atoms with Gasteiger partial charge in [0, 0.05) is 19.1 Å². The van der Waals surface area contributed by atoms with E-state index in [0.29, 0.717) is 12.6 Å². The third kappa shape index (κ3) is 2.86. The van der Waals surface area contributed by atoms with E-state index in [9.17, 15) is 4.79 Å². The summed E-state index contributed by atoms with van der Waals surface area (Å²) >= 11 is 0. The van der Waals surface area contributed by atoms with E-state index in [1.54, 1.807) is 0 Å². The van der Waals surface area contributed by atoms with Gasteiger partial charge in [-0.1, -0.05) is 38.1 Å². The van der Waals surface area contributed by atoms with E-state index in [2.05, 4.69) is 36.6 Å². The van der Waals surface area contributed by atoms with Crippen LogP contribution in [0.2, 0.25) is 0 Å². The molecule has 0 aromatic heterocycles. The summed E-state index contributed by atoms with van der Waals surface area (Å²) in [5.41, 5.74) is 2.51. The van der Waals surface area contributed by atoms with Crippen LogP contribution in [-0.2, 0) is 11.2 Å². The van der Waals surface area contributed by atoms with E-state index < -0.39 is 0 Å². The van der Waals surface area contributed by atoms with Crippen LogP contribution in [0.4, 0.5) is 0 Å². The highest BCUT2D eigenvalue weighted by Crippen LogP contribution is 2.34. The Morgan fingerprint density at radius 2 is 2.12 bits per heavy atom. The molecule has 0 aliphatic heterocycles. The van der Waals surface area contributed by atoms with E-state index in [-0.39, 0.29) is 11.8 Å². The van der Waals surface area contributed by atoms with Crippen molar-refractivity contribution >= 4 is 5.91 Å². The molecule has 17 heavy (non-hydrogen) atoms. The molecule has 1 atom stereocenters. The molecule has 0 radical (unpaired) electrons. The van der Waals surface area contributed by atoms with Crippen molar-refractivity contribution in [3.63, 3.8) is 0 Å². The first-order valence-corrected chi connectivity index (χ1v) is 6.27. The molecule has 3 nitrogen and oxygen atoms in total. The molecule has 0 fully saturated rings. The topological polar surface area (TPSA) is 41.1 Å². The van der Waals surface area contributed by atoms with Crippen LogP contribution in [0, 0.1) is 0 Å². The van der Waals surface area contributed by atoms with Crippen LogP contribution in [0.25, 0.3) is 0 Å². The van der Waals surface area contributed by atoms with Crippen LogP contribution in [0.1, 0.15) is 30.9 Å². The first-order chi connectivity index (χ1) is 8.18. The number of hydrogen-bond acceptors (Lipinski definition) is 2. The molecule has 3 heteroatoms. The molecule has 92 valence electrons. The van der Waals surface area contributed by atoms with E-state index in [4.69, 9.17) is 0 Å². The molecule has 0 saturated heterocycles. The number of rotatable bonds is 5. The fraction of sp³-hybridized carbons (Fsp3) is 0.500. The monoisotopic (exact) mass is 232 g/mol. The lowest BCUT2D eigenvalue weighted by Crippen LogP contribution is -2.39. The smallest absolute Gasteiger partial charge is 0.227 e. The van der Waals surface area contributed by atoms with Crippen LogP contribution in [0.5, 0.6) is 0 Å². The molecule has 0 saturated carbocycles. The number of carbonyl (C=O) groups is 1. The molecule has 1 aliphatic carbocycles. The van der Waals surface area contributed by atoms with Crippen LogP contribution < -0.4 is 10.6 Å². The van der Waals surface area contributed by atoms with Gasteiger partial charge in [-0.25, -0.2) is 0 Å². The highest BCUT2D eigenvalue weighted by molar-refractivity contribution is 5.86. The number of hydrogen-bond donors (Lipinski definition) is 2. The second-order valence-corrected chi connectivity index (χ2v) is 4.86. The van der Waals surface area contributed by atoms with E-state index >= 15 is 0 Å². The fourth-order valence-corrected chi connectivity index (χ4v) is 2.16. The molecule has 0 bridgehead atoms. The second-order valence-electron chi connectivity index (χ2n) is 4.86. The Morgan fingerprint density at radius 1 is 1.35 bits per heavy atom. The summed E-state index contributed by atoms with van der Waals surface area (Å²) in [4.78, 5) is 11.9. The maximum absolute atomic E-state index is 11.9. The van der Waals surface area contributed by atoms with Crippen LogP contribution in [0.3, 0.4) is 0 Å². The molecule has 1 amide bonds. The van der Waals surface area contributed by atoms with Crippen LogP contribution in [-0.4, -0.2) is 25.0 Å². The number of amides is 1. The Kier molecular flexibility index (Phi) is 3.79. The molecule has 0 heterocycles. The van der Waals surface area contributed by atoms with Gasteiger partial charge in [0.1, 0.15) is 0 Å². The highest BCUT2D eigenvalue weighted by atomic mass is 16.1. The van der Waals surface area contributed by atoms with Gasteiger partial charge in [0.2, 0.25) is 5.91 Å². The van der Waals surface area contributed by atoms with E-state index in [1.807, 2.05) is 12.1 Å². The summed E-state index contributed by atoms with van der Waals surface area (Å²) in [6.45, 7) is 5.74. The molecule has 1 unspecified atom stereocenters. The maximum atomic E-state index is 11.9. The minimum Gasteiger partial charge on any atom is -0.354 e. The zero-order chi connectivity index (χ0) is 12.3. The maximum Gasteiger partial charge on any atom is 0.227 e. The first kappa shape index (κ1) is 12.1. The van der Waals surface area contributed by atoms with Gasteiger partial charge in [0.15, 0.2) is 0 Å². The summed E-state index contributed by atoms with van der Waals surface area (Å²) in [7, 11) is 0. The molecule has 0 spiro atoms. The Morgan fingerprint density at radius 3 is 2.82 bits per heavy atom. The first-order valence-electron chi connectivity index (χ1n) is 6.27. The van der Waals surface area contributed by atoms with Gasteiger partial charge < -0.3 is 10.6 Å². The number of benzene rings is 1. The third-order valence-corrected chi connectivity index (χ3v) is 3.15. The molecular weight excluding hydrogens is 212 g/mol. The summed E-state index contributed by atoms with van der Waals surface area (Å²) in [5.74, 6) is 0.236. The highest BCUT2D eigenvalue weighted by Gasteiger charge is 2.31. The zero-order valence-electron chi connectivity index (χ0n) is 10.5. The summed E-state index contributed by atoms with van der Waals surface area (Å²) in [6.07, 6.45) is 0.889. The molecule has 1 aromatic carbocycles. The minimum atomic E-state index is 0.0743. The van der Waals surface area contributed by atoms with Crippen LogP contribution in [0.15, 0.2) is 24.3 Å². The van der Waals surface area contributed by atoms with Crippen molar-refractivity contribution in [2.24, 2.45) is 0 Å². The lowest BCUT2D eigenvalue weighted by atomic mass is 9.77. The Balaban J connectivity index is 1.76. The number of nitrogens with one attached hydrogen (secondary N) is 2. The van der Waals surface area contributed by atoms with Gasteiger partial charge in [-0.05, 0) is 17.5 Å². The standard InChI is InChI=1S/C14H20N2O/c1-10(2)15-7-8-16-14(17)13-9-11-5-3-4-6-12(11)13/h3-6,10,13,15H,7-9H2,1-2H3,(H,16,17). The van der Waals surface area contributed by atoms with Gasteiger partial charge in [-0.3, -0.25) is 4.79 Å². The lowest BCUT2D eigenvalue weighted by molar-refractivity contribution is -0.123. The molecule has 1 aromatic rings.